The lowest BCUT2D eigenvalue weighted by atomic mass is 10.1. The standard InChI is InChI=1S/C12H11NO5/c1-7(14)17-5-10(15)8-2-3-11-9(4-8)13-12(16)6-18-11/h2-4H,5-6H2,1H3,(H,13,16). The fourth-order valence-electron chi connectivity index (χ4n) is 1.51. The molecule has 2 rings (SSSR count). The van der Waals surface area contributed by atoms with Crippen LogP contribution in [0.15, 0.2) is 18.2 Å². The third-order valence-corrected chi connectivity index (χ3v) is 2.34. The van der Waals surface area contributed by atoms with Crippen LogP contribution >= 0.6 is 0 Å². The number of Topliss-reactive ketones (excluding diaryl/α,β-unsaturated/α-hetero) is 1. The van der Waals surface area contributed by atoms with Gasteiger partial charge in [0, 0.05) is 12.5 Å². The van der Waals surface area contributed by atoms with Crippen LogP contribution in [-0.4, -0.2) is 30.9 Å². The number of carbonyl (C=O) groups excluding carboxylic acids is 3. The summed E-state index contributed by atoms with van der Waals surface area (Å²) in [5.74, 6) is -0.614. The van der Waals surface area contributed by atoms with Gasteiger partial charge in [0.25, 0.3) is 5.91 Å². The van der Waals surface area contributed by atoms with Gasteiger partial charge in [0.1, 0.15) is 5.75 Å². The zero-order valence-electron chi connectivity index (χ0n) is 9.69. The highest BCUT2D eigenvalue weighted by Crippen LogP contribution is 2.28. The molecule has 0 saturated carbocycles. The molecule has 0 aliphatic carbocycles. The third kappa shape index (κ3) is 2.65. The van der Waals surface area contributed by atoms with Crippen molar-refractivity contribution < 1.29 is 23.9 Å². The molecule has 6 heteroatoms. The van der Waals surface area contributed by atoms with E-state index >= 15 is 0 Å². The molecule has 0 unspecified atom stereocenters. The Morgan fingerprint density at radius 3 is 2.94 bits per heavy atom. The Balaban J connectivity index is 2.15. The topological polar surface area (TPSA) is 81.7 Å². The lowest BCUT2D eigenvalue weighted by molar-refractivity contribution is -0.139. The molecule has 0 aromatic heterocycles. The zero-order valence-corrected chi connectivity index (χ0v) is 9.69. The van der Waals surface area contributed by atoms with Crippen LogP contribution < -0.4 is 10.1 Å². The van der Waals surface area contributed by atoms with Gasteiger partial charge in [-0.05, 0) is 18.2 Å². The van der Waals surface area contributed by atoms with Gasteiger partial charge in [0.15, 0.2) is 19.0 Å². The molecule has 1 aliphatic rings. The Morgan fingerprint density at radius 1 is 1.44 bits per heavy atom. The number of rotatable bonds is 3. The number of benzene rings is 1. The molecule has 1 aliphatic heterocycles. The van der Waals surface area contributed by atoms with E-state index in [0.717, 1.165) is 0 Å². The summed E-state index contributed by atoms with van der Waals surface area (Å²) in [6.45, 7) is 0.880. The van der Waals surface area contributed by atoms with E-state index < -0.39 is 5.97 Å². The van der Waals surface area contributed by atoms with E-state index in [1.807, 2.05) is 0 Å². The normalized spacial score (nSPS) is 13.1. The number of hydrogen-bond donors (Lipinski definition) is 1. The maximum Gasteiger partial charge on any atom is 0.303 e. The van der Waals surface area contributed by atoms with Gasteiger partial charge in [0.05, 0.1) is 5.69 Å². The Kier molecular flexibility index (Phi) is 3.27. The number of esters is 1. The second-order valence-corrected chi connectivity index (χ2v) is 3.75. The predicted molar refractivity (Wildman–Crippen MR) is 61.5 cm³/mol. The van der Waals surface area contributed by atoms with E-state index in [9.17, 15) is 14.4 Å². The van der Waals surface area contributed by atoms with Crippen LogP contribution in [0.1, 0.15) is 17.3 Å². The van der Waals surface area contributed by atoms with E-state index in [4.69, 9.17) is 4.74 Å². The van der Waals surface area contributed by atoms with Gasteiger partial charge >= 0.3 is 5.97 Å². The highest BCUT2D eigenvalue weighted by atomic mass is 16.5. The number of ketones is 1. The van der Waals surface area contributed by atoms with Gasteiger partial charge in [-0.15, -0.1) is 0 Å². The average Bonchev–Trinajstić information content (AvgIpc) is 2.34. The molecule has 0 bridgehead atoms. The average molecular weight is 249 g/mol. The van der Waals surface area contributed by atoms with Gasteiger partial charge in [-0.25, -0.2) is 0 Å². The Labute approximate surface area is 103 Å². The fourth-order valence-corrected chi connectivity index (χ4v) is 1.51. The lowest BCUT2D eigenvalue weighted by Gasteiger charge is -2.18. The van der Waals surface area contributed by atoms with Crippen molar-refractivity contribution >= 4 is 23.3 Å². The number of hydrogen-bond acceptors (Lipinski definition) is 5. The van der Waals surface area contributed by atoms with E-state index in [1.165, 1.54) is 13.0 Å². The van der Waals surface area contributed by atoms with Crippen LogP contribution in [-0.2, 0) is 14.3 Å². The summed E-state index contributed by atoms with van der Waals surface area (Å²) in [5, 5.41) is 2.60. The van der Waals surface area contributed by atoms with Crippen LogP contribution in [0.25, 0.3) is 0 Å². The first-order valence-electron chi connectivity index (χ1n) is 5.29. The van der Waals surface area contributed by atoms with Gasteiger partial charge in [-0.2, -0.15) is 0 Å². The van der Waals surface area contributed by atoms with Gasteiger partial charge in [-0.3, -0.25) is 14.4 Å². The van der Waals surface area contributed by atoms with Crippen molar-refractivity contribution in [2.45, 2.75) is 6.92 Å². The Hall–Kier alpha value is -2.37. The summed E-state index contributed by atoms with van der Waals surface area (Å²) in [6.07, 6.45) is 0. The van der Waals surface area contributed by atoms with Crippen LogP contribution in [0.2, 0.25) is 0 Å². The van der Waals surface area contributed by atoms with Crippen molar-refractivity contribution in [3.63, 3.8) is 0 Å². The minimum atomic E-state index is -0.516. The molecule has 1 aromatic carbocycles. The molecule has 1 amide bonds. The summed E-state index contributed by atoms with van der Waals surface area (Å²) in [5.41, 5.74) is 0.792. The van der Waals surface area contributed by atoms with Crippen LogP contribution in [0, 0.1) is 0 Å². The molecule has 0 saturated heterocycles. The highest BCUT2D eigenvalue weighted by molar-refractivity contribution is 6.01. The first-order valence-corrected chi connectivity index (χ1v) is 5.29. The summed E-state index contributed by atoms with van der Waals surface area (Å²) in [7, 11) is 0. The summed E-state index contributed by atoms with van der Waals surface area (Å²) in [4.78, 5) is 33.4. The minimum absolute atomic E-state index is 0.0340. The molecule has 0 spiro atoms. The monoisotopic (exact) mass is 249 g/mol. The molecule has 0 radical (unpaired) electrons. The van der Waals surface area contributed by atoms with Crippen molar-refractivity contribution in [3.8, 4) is 5.75 Å². The quantitative estimate of drug-likeness (QED) is 0.631. The van der Waals surface area contributed by atoms with Gasteiger partial charge < -0.3 is 14.8 Å². The number of anilines is 1. The number of amides is 1. The van der Waals surface area contributed by atoms with Crippen LogP contribution in [0.3, 0.4) is 0 Å². The van der Waals surface area contributed by atoms with Crippen molar-refractivity contribution in [1.82, 2.24) is 0 Å². The molecule has 1 heterocycles. The SMILES string of the molecule is CC(=O)OCC(=O)c1ccc2c(c1)NC(=O)CO2. The molecule has 18 heavy (non-hydrogen) atoms. The molecular formula is C12H11NO5. The second kappa shape index (κ2) is 4.87. The maximum atomic E-state index is 11.7. The first kappa shape index (κ1) is 12.1. The number of fused-ring (bicyclic) bond motifs is 1. The van der Waals surface area contributed by atoms with Crippen LogP contribution in [0.5, 0.6) is 5.75 Å². The van der Waals surface area contributed by atoms with Crippen LogP contribution in [0.4, 0.5) is 5.69 Å². The van der Waals surface area contributed by atoms with E-state index in [2.05, 4.69) is 10.1 Å². The van der Waals surface area contributed by atoms with Crippen molar-refractivity contribution in [1.29, 1.82) is 0 Å². The number of ether oxygens (including phenoxy) is 2. The molecule has 94 valence electrons. The van der Waals surface area contributed by atoms with Gasteiger partial charge in [0.2, 0.25) is 0 Å². The Bertz CT molecular complexity index is 523. The molecular weight excluding hydrogens is 238 g/mol. The smallest absolute Gasteiger partial charge is 0.303 e. The first-order chi connectivity index (χ1) is 8.56. The summed E-state index contributed by atoms with van der Waals surface area (Å²) in [6, 6.07) is 4.65. The van der Waals surface area contributed by atoms with Crippen molar-refractivity contribution in [2.75, 3.05) is 18.5 Å². The third-order valence-electron chi connectivity index (χ3n) is 2.34. The lowest BCUT2D eigenvalue weighted by Crippen LogP contribution is -2.25. The second-order valence-electron chi connectivity index (χ2n) is 3.75. The summed E-state index contributed by atoms with van der Waals surface area (Å²) >= 11 is 0. The van der Waals surface area contributed by atoms with Crippen molar-refractivity contribution in [3.05, 3.63) is 23.8 Å². The van der Waals surface area contributed by atoms with E-state index in [1.54, 1.807) is 12.1 Å². The predicted octanol–water partition coefficient (Wildman–Crippen LogP) is 0.763. The zero-order chi connectivity index (χ0) is 13.1. The number of carbonyl (C=O) groups is 3. The van der Waals surface area contributed by atoms with E-state index in [0.29, 0.717) is 17.0 Å². The fraction of sp³-hybridized carbons (Fsp3) is 0.250. The molecule has 6 nitrogen and oxygen atoms in total. The van der Waals surface area contributed by atoms with Crippen molar-refractivity contribution in [2.24, 2.45) is 0 Å². The maximum absolute atomic E-state index is 11.7. The molecule has 0 atom stereocenters. The highest BCUT2D eigenvalue weighted by Gasteiger charge is 2.18. The van der Waals surface area contributed by atoms with E-state index in [-0.39, 0.29) is 24.9 Å². The minimum Gasteiger partial charge on any atom is -0.482 e. The molecule has 1 N–H and O–H groups in total. The Morgan fingerprint density at radius 2 is 2.22 bits per heavy atom. The summed E-state index contributed by atoms with van der Waals surface area (Å²) < 4.78 is 9.78. The molecule has 0 fully saturated rings. The van der Waals surface area contributed by atoms with Gasteiger partial charge in [-0.1, -0.05) is 0 Å². The largest absolute Gasteiger partial charge is 0.482 e. The molecule has 1 aromatic rings. The number of nitrogens with one attached hydrogen (secondary N) is 1.